The molecular formula is C14H17F2NO. The van der Waals surface area contributed by atoms with Crippen LogP contribution in [0.25, 0.3) is 0 Å². The van der Waals surface area contributed by atoms with Crippen LogP contribution in [0.2, 0.25) is 0 Å². The minimum Gasteiger partial charge on any atom is -0.327 e. The monoisotopic (exact) mass is 253 g/mol. The molecule has 98 valence electrons. The Morgan fingerprint density at radius 2 is 2.06 bits per heavy atom. The minimum atomic E-state index is -1.06. The first-order valence-corrected chi connectivity index (χ1v) is 6.13. The van der Waals surface area contributed by atoms with Crippen molar-refractivity contribution < 1.29 is 13.6 Å². The zero-order valence-electron chi connectivity index (χ0n) is 10.6. The van der Waals surface area contributed by atoms with Gasteiger partial charge in [0, 0.05) is 11.5 Å². The second kappa shape index (κ2) is 4.43. The maximum Gasteiger partial charge on any atom is 0.173 e. The fourth-order valence-corrected chi connectivity index (χ4v) is 2.60. The van der Waals surface area contributed by atoms with E-state index in [0.29, 0.717) is 6.42 Å². The quantitative estimate of drug-likeness (QED) is 0.823. The fraction of sp³-hybridized carbons (Fsp3) is 0.500. The Balaban J connectivity index is 2.44. The molecule has 0 heterocycles. The number of rotatable bonds is 2. The van der Waals surface area contributed by atoms with Crippen molar-refractivity contribution in [1.29, 1.82) is 0 Å². The summed E-state index contributed by atoms with van der Waals surface area (Å²) >= 11 is 0. The van der Waals surface area contributed by atoms with E-state index in [4.69, 9.17) is 5.73 Å². The highest BCUT2D eigenvalue weighted by Gasteiger charge is 2.44. The number of nitrogens with two attached hydrogens (primary N) is 1. The van der Waals surface area contributed by atoms with Gasteiger partial charge in [0.05, 0.1) is 5.56 Å². The van der Waals surface area contributed by atoms with E-state index in [2.05, 4.69) is 0 Å². The zero-order chi connectivity index (χ0) is 13.5. The van der Waals surface area contributed by atoms with Gasteiger partial charge in [0.15, 0.2) is 17.4 Å². The number of ketones is 1. The van der Waals surface area contributed by atoms with Crippen molar-refractivity contribution in [2.75, 3.05) is 0 Å². The average molecular weight is 253 g/mol. The fourth-order valence-electron chi connectivity index (χ4n) is 2.60. The summed E-state index contributed by atoms with van der Waals surface area (Å²) in [6, 6.07) is 2.50. The van der Waals surface area contributed by atoms with Gasteiger partial charge in [0.2, 0.25) is 0 Å². The molecule has 0 spiro atoms. The van der Waals surface area contributed by atoms with E-state index in [0.717, 1.165) is 12.8 Å². The highest BCUT2D eigenvalue weighted by molar-refractivity contribution is 6.01. The molecule has 0 radical (unpaired) electrons. The summed E-state index contributed by atoms with van der Waals surface area (Å²) in [5, 5.41) is 0. The molecule has 0 aromatic heterocycles. The Bertz CT molecular complexity index is 501. The van der Waals surface area contributed by atoms with Gasteiger partial charge >= 0.3 is 0 Å². The van der Waals surface area contributed by atoms with Crippen molar-refractivity contribution in [2.45, 2.75) is 39.2 Å². The van der Waals surface area contributed by atoms with E-state index in [-0.39, 0.29) is 23.0 Å². The number of Topliss-reactive ketones (excluding diaryl/α,β-unsaturated/α-hetero) is 1. The smallest absolute Gasteiger partial charge is 0.173 e. The Kier molecular flexibility index (Phi) is 3.23. The maximum absolute atomic E-state index is 13.8. The Morgan fingerprint density at radius 1 is 1.39 bits per heavy atom. The van der Waals surface area contributed by atoms with Gasteiger partial charge in [-0.05, 0) is 31.4 Å². The molecule has 0 bridgehead atoms. The van der Waals surface area contributed by atoms with Gasteiger partial charge < -0.3 is 5.73 Å². The van der Waals surface area contributed by atoms with E-state index in [1.165, 1.54) is 19.1 Å². The molecule has 1 aliphatic rings. The van der Waals surface area contributed by atoms with Crippen LogP contribution in [0.3, 0.4) is 0 Å². The molecule has 1 fully saturated rings. The lowest BCUT2D eigenvalue weighted by Gasteiger charge is -2.27. The van der Waals surface area contributed by atoms with Gasteiger partial charge in [-0.1, -0.05) is 19.4 Å². The lowest BCUT2D eigenvalue weighted by Crippen LogP contribution is -2.41. The molecule has 18 heavy (non-hydrogen) atoms. The van der Waals surface area contributed by atoms with Gasteiger partial charge in [-0.3, -0.25) is 4.79 Å². The van der Waals surface area contributed by atoms with Crippen LogP contribution in [0, 0.1) is 24.0 Å². The third kappa shape index (κ3) is 1.85. The van der Waals surface area contributed by atoms with Gasteiger partial charge in [0.25, 0.3) is 0 Å². The van der Waals surface area contributed by atoms with Gasteiger partial charge in [-0.15, -0.1) is 0 Å². The van der Waals surface area contributed by atoms with Crippen molar-refractivity contribution in [1.82, 2.24) is 0 Å². The summed E-state index contributed by atoms with van der Waals surface area (Å²) in [5.41, 5.74) is 5.17. The van der Waals surface area contributed by atoms with Crippen molar-refractivity contribution in [3.05, 3.63) is 34.9 Å². The van der Waals surface area contributed by atoms with E-state index in [1.54, 1.807) is 6.92 Å². The average Bonchev–Trinajstić information content (AvgIpc) is 2.67. The van der Waals surface area contributed by atoms with Crippen molar-refractivity contribution in [3.8, 4) is 0 Å². The highest BCUT2D eigenvalue weighted by Crippen LogP contribution is 2.40. The topological polar surface area (TPSA) is 43.1 Å². The summed E-state index contributed by atoms with van der Waals surface area (Å²) < 4.78 is 27.3. The van der Waals surface area contributed by atoms with Crippen molar-refractivity contribution in [2.24, 2.45) is 11.1 Å². The Labute approximate surface area is 105 Å². The molecule has 2 atom stereocenters. The Morgan fingerprint density at radius 3 is 2.61 bits per heavy atom. The molecule has 0 amide bonds. The zero-order valence-corrected chi connectivity index (χ0v) is 10.6. The summed E-state index contributed by atoms with van der Waals surface area (Å²) in [6.07, 6.45) is 2.22. The molecule has 0 saturated heterocycles. The van der Waals surface area contributed by atoms with Crippen LogP contribution in [-0.2, 0) is 0 Å². The minimum absolute atomic E-state index is 0.182. The molecular weight excluding hydrogens is 236 g/mol. The second-order valence-corrected chi connectivity index (χ2v) is 5.30. The number of benzene rings is 1. The summed E-state index contributed by atoms with van der Waals surface area (Å²) in [7, 11) is 0. The number of halogens is 2. The van der Waals surface area contributed by atoms with Gasteiger partial charge in [-0.25, -0.2) is 8.78 Å². The third-order valence-corrected chi connectivity index (χ3v) is 4.07. The summed E-state index contributed by atoms with van der Waals surface area (Å²) in [5.74, 6) is -2.39. The van der Waals surface area contributed by atoms with Crippen LogP contribution in [-0.4, -0.2) is 11.8 Å². The molecule has 1 aromatic carbocycles. The first kappa shape index (κ1) is 13.1. The molecule has 2 rings (SSSR count). The van der Waals surface area contributed by atoms with E-state index in [1.807, 2.05) is 0 Å². The second-order valence-electron chi connectivity index (χ2n) is 5.30. The lowest BCUT2D eigenvalue weighted by atomic mass is 9.78. The molecule has 1 aliphatic carbocycles. The molecule has 2 nitrogen and oxygen atoms in total. The molecule has 2 N–H and O–H groups in total. The standard InChI is InChI=1S/C14H17F2NO/c1-8-5-6-9(12(16)11(8)15)13(18)14(2)7-3-4-10(14)17/h5-6,10H,3-4,7,17H2,1-2H3. The van der Waals surface area contributed by atoms with Crippen LogP contribution in [0.1, 0.15) is 42.1 Å². The van der Waals surface area contributed by atoms with Crippen LogP contribution < -0.4 is 5.73 Å². The van der Waals surface area contributed by atoms with Gasteiger partial charge in [0.1, 0.15) is 0 Å². The molecule has 1 aromatic rings. The maximum atomic E-state index is 13.8. The third-order valence-electron chi connectivity index (χ3n) is 4.07. The van der Waals surface area contributed by atoms with E-state index >= 15 is 0 Å². The van der Waals surface area contributed by atoms with E-state index in [9.17, 15) is 13.6 Å². The normalized spacial score (nSPS) is 27.5. The number of hydrogen-bond acceptors (Lipinski definition) is 2. The number of hydrogen-bond donors (Lipinski definition) is 1. The molecule has 0 aliphatic heterocycles. The largest absolute Gasteiger partial charge is 0.327 e. The number of carbonyl (C=O) groups excluding carboxylic acids is 1. The molecule has 4 heteroatoms. The van der Waals surface area contributed by atoms with Crippen LogP contribution in [0.4, 0.5) is 8.78 Å². The predicted molar refractivity (Wildman–Crippen MR) is 65.4 cm³/mol. The van der Waals surface area contributed by atoms with E-state index < -0.39 is 17.0 Å². The van der Waals surface area contributed by atoms with Gasteiger partial charge in [-0.2, -0.15) is 0 Å². The number of carbonyl (C=O) groups is 1. The van der Waals surface area contributed by atoms with Crippen LogP contribution in [0.5, 0.6) is 0 Å². The van der Waals surface area contributed by atoms with Crippen molar-refractivity contribution >= 4 is 5.78 Å². The summed E-state index contributed by atoms with van der Waals surface area (Å²) in [6.45, 7) is 3.21. The Hall–Kier alpha value is -1.29. The SMILES string of the molecule is Cc1ccc(C(=O)C2(C)CCCC2N)c(F)c1F. The van der Waals surface area contributed by atoms with Crippen LogP contribution in [0.15, 0.2) is 12.1 Å². The first-order valence-electron chi connectivity index (χ1n) is 6.13. The van der Waals surface area contributed by atoms with Crippen LogP contribution >= 0.6 is 0 Å². The lowest BCUT2D eigenvalue weighted by molar-refractivity contribution is 0.0797. The highest BCUT2D eigenvalue weighted by atomic mass is 19.2. The predicted octanol–water partition coefficient (Wildman–Crippen LogP) is 2.97. The molecule has 2 unspecified atom stereocenters. The van der Waals surface area contributed by atoms with Crippen molar-refractivity contribution in [3.63, 3.8) is 0 Å². The first-order chi connectivity index (χ1) is 8.38. The molecule has 1 saturated carbocycles. The number of aryl methyl sites for hydroxylation is 1. The summed E-state index contributed by atoms with van der Waals surface area (Å²) in [4.78, 5) is 12.4.